The van der Waals surface area contributed by atoms with Crippen molar-refractivity contribution < 1.29 is 4.79 Å². The molecule has 1 heterocycles. The minimum atomic E-state index is -0.214. The summed E-state index contributed by atoms with van der Waals surface area (Å²) in [6.45, 7) is 0. The maximum Gasteiger partial charge on any atom is 0.272 e. The Morgan fingerprint density at radius 1 is 1.15 bits per heavy atom. The van der Waals surface area contributed by atoms with Gasteiger partial charge in [0.05, 0.1) is 0 Å². The first-order valence-corrected chi connectivity index (χ1v) is 6.87. The molecule has 1 amide bonds. The van der Waals surface area contributed by atoms with Crippen molar-refractivity contribution in [3.05, 3.63) is 58.8 Å². The number of H-pyrrole nitrogens is 1. The van der Waals surface area contributed by atoms with Gasteiger partial charge in [-0.2, -0.15) is 0 Å². The van der Waals surface area contributed by atoms with Gasteiger partial charge in [0, 0.05) is 27.4 Å². The van der Waals surface area contributed by atoms with Gasteiger partial charge in [-0.1, -0.05) is 40.2 Å². The third-order valence-corrected chi connectivity index (χ3v) is 3.76. The van der Waals surface area contributed by atoms with Crippen LogP contribution in [0.3, 0.4) is 0 Å². The Morgan fingerprint density at radius 3 is 2.60 bits per heavy atom. The number of aromatic nitrogens is 1. The van der Waals surface area contributed by atoms with E-state index in [1.807, 2.05) is 36.4 Å². The second-order valence-electron chi connectivity index (χ2n) is 4.44. The second kappa shape index (κ2) is 5.02. The smallest absolute Gasteiger partial charge is 0.272 e. The fraction of sp³-hybridized carbons (Fsp3) is 0. The average molecular weight is 330 g/mol. The number of rotatable bonds is 2. The van der Waals surface area contributed by atoms with E-state index in [1.54, 1.807) is 12.3 Å². The fourth-order valence-corrected chi connectivity index (χ4v) is 2.58. The zero-order chi connectivity index (χ0) is 14.1. The number of carbonyl (C=O) groups excluding carboxylic acids is 1. The van der Waals surface area contributed by atoms with Crippen LogP contribution in [-0.2, 0) is 0 Å². The van der Waals surface area contributed by atoms with E-state index >= 15 is 0 Å². The van der Waals surface area contributed by atoms with Crippen molar-refractivity contribution in [1.29, 1.82) is 0 Å². The van der Waals surface area contributed by atoms with Crippen molar-refractivity contribution in [3.8, 4) is 0 Å². The number of anilines is 2. The summed E-state index contributed by atoms with van der Waals surface area (Å²) in [4.78, 5) is 15.0. The van der Waals surface area contributed by atoms with Crippen LogP contribution in [-0.4, -0.2) is 10.9 Å². The van der Waals surface area contributed by atoms with Gasteiger partial charge in [-0.15, -0.1) is 0 Å². The highest BCUT2D eigenvalue weighted by atomic mass is 79.9. The SMILES string of the molecule is Nc1c[nH]c(C(=O)Nc2ccc(Br)c3ccccc23)c1. The topological polar surface area (TPSA) is 70.9 Å². The van der Waals surface area contributed by atoms with Crippen LogP contribution in [0, 0.1) is 0 Å². The maximum atomic E-state index is 12.1. The number of hydrogen-bond acceptors (Lipinski definition) is 2. The van der Waals surface area contributed by atoms with Gasteiger partial charge in [-0.3, -0.25) is 4.79 Å². The minimum Gasteiger partial charge on any atom is -0.397 e. The van der Waals surface area contributed by atoms with Gasteiger partial charge in [-0.05, 0) is 23.6 Å². The van der Waals surface area contributed by atoms with Crippen molar-refractivity contribution in [3.63, 3.8) is 0 Å². The fourth-order valence-electron chi connectivity index (χ4n) is 2.10. The quantitative estimate of drug-likeness (QED) is 0.669. The first kappa shape index (κ1) is 12.7. The van der Waals surface area contributed by atoms with Crippen molar-refractivity contribution in [1.82, 2.24) is 4.98 Å². The van der Waals surface area contributed by atoms with Crippen LogP contribution in [0.2, 0.25) is 0 Å². The highest BCUT2D eigenvalue weighted by Gasteiger charge is 2.10. The number of aromatic amines is 1. The van der Waals surface area contributed by atoms with Gasteiger partial charge in [-0.25, -0.2) is 0 Å². The molecule has 0 unspecified atom stereocenters. The summed E-state index contributed by atoms with van der Waals surface area (Å²) < 4.78 is 0.996. The summed E-state index contributed by atoms with van der Waals surface area (Å²) in [5.41, 5.74) is 7.35. The number of benzene rings is 2. The monoisotopic (exact) mass is 329 g/mol. The molecule has 0 saturated carbocycles. The van der Waals surface area contributed by atoms with Gasteiger partial charge in [0.2, 0.25) is 0 Å². The molecule has 0 bridgehead atoms. The molecule has 0 aliphatic rings. The number of carbonyl (C=O) groups is 1. The predicted octanol–water partition coefficient (Wildman–Crippen LogP) is 3.76. The lowest BCUT2D eigenvalue weighted by Gasteiger charge is -2.09. The van der Waals surface area contributed by atoms with Crippen LogP contribution < -0.4 is 11.1 Å². The highest BCUT2D eigenvalue weighted by Crippen LogP contribution is 2.30. The minimum absolute atomic E-state index is 0.214. The molecule has 1 aromatic heterocycles. The molecule has 100 valence electrons. The summed E-state index contributed by atoms with van der Waals surface area (Å²) >= 11 is 3.51. The van der Waals surface area contributed by atoms with E-state index in [-0.39, 0.29) is 5.91 Å². The van der Waals surface area contributed by atoms with Crippen molar-refractivity contribution >= 4 is 44.0 Å². The third-order valence-electron chi connectivity index (χ3n) is 3.07. The van der Waals surface area contributed by atoms with E-state index in [1.165, 1.54) is 0 Å². The molecule has 3 aromatic rings. The first-order valence-electron chi connectivity index (χ1n) is 6.07. The Hall–Kier alpha value is -2.27. The third kappa shape index (κ3) is 2.28. The molecule has 0 spiro atoms. The summed E-state index contributed by atoms with van der Waals surface area (Å²) in [5, 5.41) is 4.93. The van der Waals surface area contributed by atoms with E-state index in [0.717, 1.165) is 20.9 Å². The highest BCUT2D eigenvalue weighted by molar-refractivity contribution is 9.10. The summed E-state index contributed by atoms with van der Waals surface area (Å²) in [5.74, 6) is -0.214. The van der Waals surface area contributed by atoms with Gasteiger partial charge in [0.1, 0.15) is 5.69 Å². The number of halogens is 1. The molecule has 0 fully saturated rings. The summed E-state index contributed by atoms with van der Waals surface area (Å²) in [6.07, 6.45) is 1.59. The van der Waals surface area contributed by atoms with E-state index in [9.17, 15) is 4.79 Å². The molecule has 5 heteroatoms. The Kier molecular flexibility index (Phi) is 3.20. The van der Waals surface area contributed by atoms with E-state index in [4.69, 9.17) is 5.73 Å². The molecule has 2 aromatic carbocycles. The molecule has 3 rings (SSSR count). The standard InChI is InChI=1S/C15H12BrN3O/c16-12-5-6-13(11-4-2-1-3-10(11)12)19-15(20)14-7-9(17)8-18-14/h1-8,18H,17H2,(H,19,20). The van der Waals surface area contributed by atoms with E-state index < -0.39 is 0 Å². The normalized spacial score (nSPS) is 10.7. The summed E-state index contributed by atoms with van der Waals surface area (Å²) in [7, 11) is 0. The molecule has 4 nitrogen and oxygen atoms in total. The second-order valence-corrected chi connectivity index (χ2v) is 5.30. The zero-order valence-corrected chi connectivity index (χ0v) is 12.1. The molecule has 0 aliphatic heterocycles. The number of nitrogen functional groups attached to an aromatic ring is 1. The van der Waals surface area contributed by atoms with Crippen LogP contribution in [0.15, 0.2) is 53.1 Å². The van der Waals surface area contributed by atoms with E-state index in [2.05, 4.69) is 26.2 Å². The predicted molar refractivity (Wildman–Crippen MR) is 84.8 cm³/mol. The van der Waals surface area contributed by atoms with Crippen molar-refractivity contribution in [2.45, 2.75) is 0 Å². The summed E-state index contributed by atoms with van der Waals surface area (Å²) in [6, 6.07) is 13.3. The van der Waals surface area contributed by atoms with Gasteiger partial charge in [0.15, 0.2) is 0 Å². The van der Waals surface area contributed by atoms with Crippen molar-refractivity contribution in [2.75, 3.05) is 11.1 Å². The van der Waals surface area contributed by atoms with Crippen LogP contribution >= 0.6 is 15.9 Å². The van der Waals surface area contributed by atoms with Gasteiger partial charge >= 0.3 is 0 Å². The number of hydrogen-bond donors (Lipinski definition) is 3. The molecule has 0 saturated heterocycles. The Bertz CT molecular complexity index is 795. The van der Waals surface area contributed by atoms with Crippen molar-refractivity contribution in [2.24, 2.45) is 0 Å². The Morgan fingerprint density at radius 2 is 1.90 bits per heavy atom. The molecule has 0 aliphatic carbocycles. The lowest BCUT2D eigenvalue weighted by molar-refractivity contribution is 0.102. The molecule has 0 atom stereocenters. The Balaban J connectivity index is 1.99. The lowest BCUT2D eigenvalue weighted by Crippen LogP contribution is -2.12. The van der Waals surface area contributed by atoms with E-state index in [0.29, 0.717) is 11.4 Å². The van der Waals surface area contributed by atoms with Crippen LogP contribution in [0.1, 0.15) is 10.5 Å². The largest absolute Gasteiger partial charge is 0.397 e. The number of fused-ring (bicyclic) bond motifs is 1. The number of nitrogens with one attached hydrogen (secondary N) is 2. The van der Waals surface area contributed by atoms with Crippen LogP contribution in [0.25, 0.3) is 10.8 Å². The Labute approximate surface area is 124 Å². The van der Waals surface area contributed by atoms with Crippen LogP contribution in [0.4, 0.5) is 11.4 Å². The zero-order valence-electron chi connectivity index (χ0n) is 10.5. The molecular weight excluding hydrogens is 318 g/mol. The van der Waals surface area contributed by atoms with Gasteiger partial charge in [0.25, 0.3) is 5.91 Å². The first-order chi connectivity index (χ1) is 9.65. The molecule has 20 heavy (non-hydrogen) atoms. The molecule has 4 N–H and O–H groups in total. The lowest BCUT2D eigenvalue weighted by atomic mass is 10.1. The molecular formula is C15H12BrN3O. The maximum absolute atomic E-state index is 12.1. The van der Waals surface area contributed by atoms with Gasteiger partial charge < -0.3 is 16.0 Å². The molecule has 0 radical (unpaired) electrons. The number of amides is 1. The van der Waals surface area contributed by atoms with Crippen LogP contribution in [0.5, 0.6) is 0 Å². The average Bonchev–Trinajstić information content (AvgIpc) is 2.89. The number of nitrogens with two attached hydrogens (primary N) is 1.